The highest BCUT2D eigenvalue weighted by molar-refractivity contribution is 14.1. The van der Waals surface area contributed by atoms with Crippen LogP contribution < -0.4 is 0 Å². The van der Waals surface area contributed by atoms with Crippen LogP contribution in [0.3, 0.4) is 0 Å². The molecule has 1 atom stereocenters. The lowest BCUT2D eigenvalue weighted by Crippen LogP contribution is -2.25. The molecule has 0 unspecified atom stereocenters. The minimum Gasteiger partial charge on any atom is -0.395 e. The SMILES string of the molecule is OC[C@@H](I)C(F)(F)F. The Balaban J connectivity index is 3.62. The predicted octanol–water partition coefficient (Wildman–Crippen LogP) is 1.34. The lowest BCUT2D eigenvalue weighted by atomic mass is 10.5. The lowest BCUT2D eigenvalue weighted by molar-refractivity contribution is -0.130. The standard InChI is InChI=1S/C3H4F3IO/c4-3(5,6)2(7)1-8/h2,8H,1H2/t2-/m1/s1. The highest BCUT2D eigenvalue weighted by Gasteiger charge is 2.36. The first-order chi connectivity index (χ1) is 3.48. The van der Waals surface area contributed by atoms with Gasteiger partial charge in [0.1, 0.15) is 3.92 Å². The van der Waals surface area contributed by atoms with Crippen LogP contribution in [0.2, 0.25) is 0 Å². The average Bonchev–Trinajstić information content (AvgIpc) is 1.62. The van der Waals surface area contributed by atoms with E-state index in [1.54, 1.807) is 0 Å². The molecule has 0 rings (SSSR count). The third-order valence-corrected chi connectivity index (χ3v) is 1.62. The van der Waals surface area contributed by atoms with Crippen LogP contribution in [0.4, 0.5) is 13.2 Å². The van der Waals surface area contributed by atoms with Gasteiger partial charge in [-0.05, 0) is 0 Å². The number of rotatable bonds is 1. The van der Waals surface area contributed by atoms with Gasteiger partial charge in [-0.25, -0.2) is 0 Å². The first-order valence-electron chi connectivity index (χ1n) is 1.80. The van der Waals surface area contributed by atoms with E-state index in [4.69, 9.17) is 5.11 Å². The monoisotopic (exact) mass is 240 g/mol. The Morgan fingerprint density at radius 1 is 1.50 bits per heavy atom. The molecule has 0 aromatic heterocycles. The molecule has 0 fully saturated rings. The van der Waals surface area contributed by atoms with Gasteiger partial charge in [0.2, 0.25) is 0 Å². The van der Waals surface area contributed by atoms with E-state index in [1.807, 2.05) is 0 Å². The molecule has 0 aliphatic heterocycles. The van der Waals surface area contributed by atoms with Gasteiger partial charge in [-0.2, -0.15) is 13.2 Å². The van der Waals surface area contributed by atoms with E-state index in [0.717, 1.165) is 22.6 Å². The fourth-order valence-electron chi connectivity index (χ4n) is 0.104. The molecule has 0 saturated heterocycles. The van der Waals surface area contributed by atoms with Gasteiger partial charge >= 0.3 is 6.18 Å². The number of aliphatic hydroxyl groups excluding tert-OH is 1. The minimum absolute atomic E-state index is 0.843. The highest BCUT2D eigenvalue weighted by Crippen LogP contribution is 2.25. The number of hydrogen-bond donors (Lipinski definition) is 1. The maximum absolute atomic E-state index is 11.3. The largest absolute Gasteiger partial charge is 0.402 e. The van der Waals surface area contributed by atoms with Crippen molar-refractivity contribution in [2.24, 2.45) is 0 Å². The van der Waals surface area contributed by atoms with Gasteiger partial charge in [0.15, 0.2) is 0 Å². The molecule has 0 amide bonds. The van der Waals surface area contributed by atoms with E-state index in [9.17, 15) is 13.2 Å². The van der Waals surface area contributed by atoms with Gasteiger partial charge in [-0.3, -0.25) is 0 Å². The zero-order chi connectivity index (χ0) is 6.78. The number of halogens is 4. The second kappa shape index (κ2) is 2.86. The third-order valence-electron chi connectivity index (χ3n) is 0.515. The summed E-state index contributed by atoms with van der Waals surface area (Å²) in [7, 11) is 0. The number of aliphatic hydroxyl groups is 1. The first-order valence-corrected chi connectivity index (χ1v) is 3.04. The second-order valence-corrected chi connectivity index (χ2v) is 2.70. The molecule has 5 heteroatoms. The Labute approximate surface area is 58.0 Å². The summed E-state index contributed by atoms with van der Waals surface area (Å²) in [5.41, 5.74) is 0. The highest BCUT2D eigenvalue weighted by atomic mass is 127. The fourth-order valence-corrected chi connectivity index (χ4v) is 0.104. The Bertz CT molecular complexity index is 71.4. The van der Waals surface area contributed by atoms with Crippen LogP contribution in [-0.4, -0.2) is 21.8 Å². The maximum Gasteiger partial charge on any atom is 0.402 e. The molecule has 0 aromatic carbocycles. The maximum atomic E-state index is 11.3. The molecule has 0 aromatic rings. The van der Waals surface area contributed by atoms with Crippen molar-refractivity contribution in [2.45, 2.75) is 10.1 Å². The van der Waals surface area contributed by atoms with Crippen molar-refractivity contribution in [3.8, 4) is 0 Å². The van der Waals surface area contributed by atoms with E-state index >= 15 is 0 Å². The zero-order valence-corrected chi connectivity index (χ0v) is 5.90. The van der Waals surface area contributed by atoms with E-state index in [0.29, 0.717) is 0 Å². The zero-order valence-electron chi connectivity index (χ0n) is 3.74. The summed E-state index contributed by atoms with van der Waals surface area (Å²) in [6, 6.07) is 0. The van der Waals surface area contributed by atoms with E-state index in [2.05, 4.69) is 0 Å². The fraction of sp³-hybridized carbons (Fsp3) is 1.00. The molecule has 0 saturated carbocycles. The third kappa shape index (κ3) is 2.71. The summed E-state index contributed by atoms with van der Waals surface area (Å²) >= 11 is 1.14. The van der Waals surface area contributed by atoms with Gasteiger partial charge in [-0.15, -0.1) is 0 Å². The van der Waals surface area contributed by atoms with Gasteiger partial charge in [0.05, 0.1) is 6.61 Å². The van der Waals surface area contributed by atoms with Crippen LogP contribution in [0.25, 0.3) is 0 Å². The van der Waals surface area contributed by atoms with Crippen LogP contribution in [0.1, 0.15) is 0 Å². The smallest absolute Gasteiger partial charge is 0.395 e. The Morgan fingerprint density at radius 2 is 1.88 bits per heavy atom. The van der Waals surface area contributed by atoms with Crippen LogP contribution in [0.5, 0.6) is 0 Å². The van der Waals surface area contributed by atoms with E-state index < -0.39 is 16.7 Å². The summed E-state index contributed by atoms with van der Waals surface area (Å²) in [4.78, 5) is 0. The van der Waals surface area contributed by atoms with E-state index in [-0.39, 0.29) is 0 Å². The first kappa shape index (κ1) is 8.48. The quantitative estimate of drug-likeness (QED) is 0.541. The molecule has 8 heavy (non-hydrogen) atoms. The van der Waals surface area contributed by atoms with Crippen LogP contribution in [0, 0.1) is 0 Å². The van der Waals surface area contributed by atoms with Crippen molar-refractivity contribution in [3.63, 3.8) is 0 Å². The Kier molecular flexibility index (Phi) is 3.03. The molecular weight excluding hydrogens is 236 g/mol. The summed E-state index contributed by atoms with van der Waals surface area (Å²) < 4.78 is 32.2. The molecule has 0 spiro atoms. The summed E-state index contributed by atoms with van der Waals surface area (Å²) in [6.45, 7) is -0.843. The van der Waals surface area contributed by atoms with Crippen LogP contribution in [0.15, 0.2) is 0 Å². The Hall–Kier alpha value is 0.480. The normalized spacial score (nSPS) is 16.1. The average molecular weight is 240 g/mol. The van der Waals surface area contributed by atoms with Crippen molar-refractivity contribution in [1.29, 1.82) is 0 Å². The lowest BCUT2D eigenvalue weighted by Gasteiger charge is -2.09. The molecule has 0 bridgehead atoms. The van der Waals surface area contributed by atoms with E-state index in [1.165, 1.54) is 0 Å². The number of hydrogen-bond acceptors (Lipinski definition) is 1. The molecule has 50 valence electrons. The van der Waals surface area contributed by atoms with Gasteiger partial charge in [0, 0.05) is 0 Å². The molecule has 0 aliphatic carbocycles. The van der Waals surface area contributed by atoms with Crippen molar-refractivity contribution >= 4 is 22.6 Å². The van der Waals surface area contributed by atoms with Crippen molar-refractivity contribution in [2.75, 3.05) is 6.61 Å². The van der Waals surface area contributed by atoms with Crippen molar-refractivity contribution in [1.82, 2.24) is 0 Å². The second-order valence-electron chi connectivity index (χ2n) is 1.19. The summed E-state index contributed by atoms with van der Waals surface area (Å²) in [5, 5.41) is 7.94. The molecule has 0 heterocycles. The molecular formula is C3H4F3IO. The van der Waals surface area contributed by atoms with Gasteiger partial charge in [0.25, 0.3) is 0 Å². The summed E-state index contributed by atoms with van der Waals surface area (Å²) in [5.74, 6) is 0. The predicted molar refractivity (Wildman–Crippen MR) is 30.9 cm³/mol. The van der Waals surface area contributed by atoms with Crippen LogP contribution >= 0.6 is 22.6 Å². The summed E-state index contributed by atoms with van der Waals surface area (Å²) in [6.07, 6.45) is -4.25. The topological polar surface area (TPSA) is 20.2 Å². The van der Waals surface area contributed by atoms with Gasteiger partial charge in [-0.1, -0.05) is 22.6 Å². The van der Waals surface area contributed by atoms with Crippen molar-refractivity contribution in [3.05, 3.63) is 0 Å². The molecule has 0 radical (unpaired) electrons. The molecule has 1 N–H and O–H groups in total. The van der Waals surface area contributed by atoms with Gasteiger partial charge < -0.3 is 5.11 Å². The van der Waals surface area contributed by atoms with Crippen molar-refractivity contribution < 1.29 is 18.3 Å². The molecule has 0 aliphatic rings. The molecule has 1 nitrogen and oxygen atoms in total. The number of alkyl halides is 4. The van der Waals surface area contributed by atoms with Crippen LogP contribution in [-0.2, 0) is 0 Å². The Morgan fingerprint density at radius 3 is 1.88 bits per heavy atom. The minimum atomic E-state index is -4.25.